The van der Waals surface area contributed by atoms with E-state index < -0.39 is 6.10 Å². The summed E-state index contributed by atoms with van der Waals surface area (Å²) in [5.74, 6) is 0.901. The molecule has 1 saturated heterocycles. The number of aryl methyl sites for hydroxylation is 2. The largest absolute Gasteiger partial charge is 0.491 e. The second kappa shape index (κ2) is 7.28. The summed E-state index contributed by atoms with van der Waals surface area (Å²) in [6.45, 7) is 10.7. The van der Waals surface area contributed by atoms with Gasteiger partial charge in [0.15, 0.2) is 0 Å². The third-order valence-electron chi connectivity index (χ3n) is 4.58. The summed E-state index contributed by atoms with van der Waals surface area (Å²) in [5.41, 5.74) is 3.61. The van der Waals surface area contributed by atoms with Gasteiger partial charge in [0.25, 0.3) is 0 Å². The number of hydrogen-bond donors (Lipinski definition) is 1. The maximum atomic E-state index is 10.2. The molecular formula is C18H29NO2. The Kier molecular flexibility index (Phi) is 5.65. The van der Waals surface area contributed by atoms with Crippen LogP contribution >= 0.6 is 0 Å². The van der Waals surface area contributed by atoms with Gasteiger partial charge in [0.2, 0.25) is 0 Å². The summed E-state index contributed by atoms with van der Waals surface area (Å²) < 4.78 is 5.86. The molecule has 1 aromatic carbocycles. The molecule has 1 aliphatic heterocycles. The highest BCUT2D eigenvalue weighted by Gasteiger charge is 2.21. The van der Waals surface area contributed by atoms with Crippen molar-refractivity contribution in [2.24, 2.45) is 0 Å². The van der Waals surface area contributed by atoms with E-state index in [1.165, 1.54) is 36.0 Å². The number of rotatable bonds is 5. The van der Waals surface area contributed by atoms with Gasteiger partial charge in [-0.15, -0.1) is 0 Å². The average molecular weight is 291 g/mol. The monoisotopic (exact) mass is 291 g/mol. The minimum absolute atomic E-state index is 0.368. The molecule has 0 aliphatic carbocycles. The highest BCUT2D eigenvalue weighted by Crippen LogP contribution is 2.23. The van der Waals surface area contributed by atoms with Crippen LogP contribution in [0, 0.1) is 20.8 Å². The van der Waals surface area contributed by atoms with E-state index in [0.717, 1.165) is 12.3 Å². The van der Waals surface area contributed by atoms with Gasteiger partial charge in [-0.25, -0.2) is 0 Å². The summed E-state index contributed by atoms with van der Waals surface area (Å²) in [4.78, 5) is 2.38. The molecule has 3 heteroatoms. The molecule has 2 atom stereocenters. The number of hydrogen-bond acceptors (Lipinski definition) is 3. The summed E-state index contributed by atoms with van der Waals surface area (Å²) in [6.07, 6.45) is 3.37. The Morgan fingerprint density at radius 2 is 2.05 bits per heavy atom. The molecule has 0 spiro atoms. The summed E-state index contributed by atoms with van der Waals surface area (Å²) in [7, 11) is 0. The van der Waals surface area contributed by atoms with Gasteiger partial charge in [0, 0.05) is 12.6 Å². The van der Waals surface area contributed by atoms with Crippen LogP contribution in [0.1, 0.15) is 42.9 Å². The van der Waals surface area contributed by atoms with Gasteiger partial charge in [-0.1, -0.05) is 12.5 Å². The Bertz CT molecular complexity index is 473. The lowest BCUT2D eigenvalue weighted by Gasteiger charge is -2.34. The van der Waals surface area contributed by atoms with Gasteiger partial charge in [0.05, 0.1) is 0 Å². The first-order valence-electron chi connectivity index (χ1n) is 8.10. The molecular weight excluding hydrogens is 262 g/mol. The molecule has 0 saturated carbocycles. The van der Waals surface area contributed by atoms with Crippen molar-refractivity contribution in [2.45, 2.75) is 59.1 Å². The maximum Gasteiger partial charge on any atom is 0.122 e. The molecule has 0 amide bonds. The van der Waals surface area contributed by atoms with E-state index in [-0.39, 0.29) is 0 Å². The van der Waals surface area contributed by atoms with Crippen molar-refractivity contribution in [3.63, 3.8) is 0 Å². The molecule has 118 valence electrons. The molecule has 1 heterocycles. The van der Waals surface area contributed by atoms with E-state index in [1.54, 1.807) is 0 Å². The molecule has 1 fully saturated rings. The van der Waals surface area contributed by atoms with Crippen LogP contribution < -0.4 is 4.74 Å². The zero-order valence-electron chi connectivity index (χ0n) is 13.9. The molecule has 2 rings (SSSR count). The number of β-amino-alcohol motifs (C(OH)–C–C–N with tert-alkyl or cyclic N) is 1. The lowest BCUT2D eigenvalue weighted by Crippen LogP contribution is -2.43. The Hall–Kier alpha value is -1.06. The highest BCUT2D eigenvalue weighted by molar-refractivity contribution is 5.41. The van der Waals surface area contributed by atoms with Crippen molar-refractivity contribution in [1.29, 1.82) is 0 Å². The molecule has 1 N–H and O–H groups in total. The number of likely N-dealkylation sites (tertiary alicyclic amines) is 1. The van der Waals surface area contributed by atoms with Crippen molar-refractivity contribution >= 4 is 0 Å². The van der Waals surface area contributed by atoms with Gasteiger partial charge in [-0.05, 0) is 69.8 Å². The number of nitrogens with zero attached hydrogens (tertiary/aromatic N) is 1. The summed E-state index contributed by atoms with van der Waals surface area (Å²) in [6, 6.07) is 4.79. The maximum absolute atomic E-state index is 10.2. The van der Waals surface area contributed by atoms with Crippen LogP contribution in [0.5, 0.6) is 5.75 Å². The molecule has 0 bridgehead atoms. The van der Waals surface area contributed by atoms with Crippen molar-refractivity contribution < 1.29 is 9.84 Å². The first-order chi connectivity index (χ1) is 9.97. The van der Waals surface area contributed by atoms with Crippen LogP contribution in [-0.4, -0.2) is 41.8 Å². The fourth-order valence-corrected chi connectivity index (χ4v) is 3.09. The van der Waals surface area contributed by atoms with E-state index in [4.69, 9.17) is 4.74 Å². The Labute approximate surface area is 128 Å². The Balaban J connectivity index is 1.87. The number of aliphatic hydroxyl groups excluding tert-OH is 1. The molecule has 0 radical (unpaired) electrons. The number of piperidine rings is 1. The van der Waals surface area contributed by atoms with Crippen molar-refractivity contribution in [3.8, 4) is 5.75 Å². The van der Waals surface area contributed by atoms with Crippen LogP contribution in [-0.2, 0) is 0 Å². The number of ether oxygens (including phenoxy) is 1. The fourth-order valence-electron chi connectivity index (χ4n) is 3.09. The number of benzene rings is 1. The highest BCUT2D eigenvalue weighted by atomic mass is 16.5. The normalized spacial score (nSPS) is 21.3. The van der Waals surface area contributed by atoms with Crippen molar-refractivity contribution in [3.05, 3.63) is 28.8 Å². The fraction of sp³-hybridized carbons (Fsp3) is 0.667. The summed E-state index contributed by atoms with van der Waals surface area (Å²) in [5, 5.41) is 10.2. The first-order valence-corrected chi connectivity index (χ1v) is 8.10. The lowest BCUT2D eigenvalue weighted by atomic mass is 10.0. The second-order valence-corrected chi connectivity index (χ2v) is 6.51. The third-order valence-corrected chi connectivity index (χ3v) is 4.58. The lowest BCUT2D eigenvalue weighted by molar-refractivity contribution is 0.0436. The van der Waals surface area contributed by atoms with Gasteiger partial charge in [-0.2, -0.15) is 0 Å². The average Bonchev–Trinajstić information content (AvgIpc) is 2.44. The van der Waals surface area contributed by atoms with Crippen LogP contribution in [0.15, 0.2) is 12.1 Å². The number of aliphatic hydroxyl groups is 1. The molecule has 1 aromatic rings. The van der Waals surface area contributed by atoms with Gasteiger partial charge < -0.3 is 9.84 Å². The molecule has 3 nitrogen and oxygen atoms in total. The zero-order chi connectivity index (χ0) is 15.4. The van der Waals surface area contributed by atoms with E-state index in [9.17, 15) is 5.11 Å². The van der Waals surface area contributed by atoms with E-state index in [0.29, 0.717) is 19.2 Å². The van der Waals surface area contributed by atoms with Gasteiger partial charge >= 0.3 is 0 Å². The van der Waals surface area contributed by atoms with E-state index >= 15 is 0 Å². The zero-order valence-corrected chi connectivity index (χ0v) is 13.9. The van der Waals surface area contributed by atoms with E-state index in [1.807, 2.05) is 0 Å². The van der Waals surface area contributed by atoms with Gasteiger partial charge in [0.1, 0.15) is 18.5 Å². The molecule has 1 aliphatic rings. The van der Waals surface area contributed by atoms with Gasteiger partial charge in [-0.3, -0.25) is 4.90 Å². The second-order valence-electron chi connectivity index (χ2n) is 6.51. The Morgan fingerprint density at radius 3 is 2.76 bits per heavy atom. The summed E-state index contributed by atoms with van der Waals surface area (Å²) >= 11 is 0. The molecule has 0 aromatic heterocycles. The molecule has 21 heavy (non-hydrogen) atoms. The third kappa shape index (κ3) is 4.45. The van der Waals surface area contributed by atoms with E-state index in [2.05, 4.69) is 44.7 Å². The minimum Gasteiger partial charge on any atom is -0.491 e. The van der Waals surface area contributed by atoms with Crippen LogP contribution in [0.25, 0.3) is 0 Å². The SMILES string of the molecule is Cc1cc(C)c(C)c(OC[C@@H](O)CN2CCCC[C@@H]2C)c1. The standard InChI is InChI=1S/C18H29NO2/c1-13-9-14(2)16(4)18(10-13)21-12-17(20)11-19-8-6-5-7-15(19)3/h9-10,15,17,20H,5-8,11-12H2,1-4H3/t15-,17-/m0/s1. The van der Waals surface area contributed by atoms with Crippen molar-refractivity contribution in [1.82, 2.24) is 4.90 Å². The van der Waals surface area contributed by atoms with Crippen LogP contribution in [0.4, 0.5) is 0 Å². The first kappa shape index (κ1) is 16.3. The topological polar surface area (TPSA) is 32.7 Å². The van der Waals surface area contributed by atoms with Crippen molar-refractivity contribution in [2.75, 3.05) is 19.7 Å². The smallest absolute Gasteiger partial charge is 0.122 e. The Morgan fingerprint density at radius 1 is 1.29 bits per heavy atom. The molecule has 0 unspecified atom stereocenters. The van der Waals surface area contributed by atoms with Crippen LogP contribution in [0.2, 0.25) is 0 Å². The predicted molar refractivity (Wildman–Crippen MR) is 87.0 cm³/mol. The quantitative estimate of drug-likeness (QED) is 0.904. The van der Waals surface area contributed by atoms with Crippen LogP contribution in [0.3, 0.4) is 0 Å². The predicted octanol–water partition coefficient (Wildman–Crippen LogP) is 3.23. The minimum atomic E-state index is -0.425.